The van der Waals surface area contributed by atoms with Crippen molar-refractivity contribution in [3.63, 3.8) is 0 Å². The monoisotopic (exact) mass is 357 g/mol. The maximum Gasteiger partial charge on any atom is 0.291 e. The van der Waals surface area contributed by atoms with E-state index in [0.717, 1.165) is 24.1 Å². The lowest BCUT2D eigenvalue weighted by Crippen LogP contribution is -2.27. The zero-order valence-corrected chi connectivity index (χ0v) is 14.7. The molecule has 0 fully saturated rings. The van der Waals surface area contributed by atoms with Crippen molar-refractivity contribution in [2.45, 2.75) is 12.8 Å². The van der Waals surface area contributed by atoms with Crippen molar-refractivity contribution in [1.29, 1.82) is 0 Å². The van der Waals surface area contributed by atoms with E-state index in [0.29, 0.717) is 12.2 Å². The van der Waals surface area contributed by atoms with Gasteiger partial charge in [0.15, 0.2) is 5.65 Å². The van der Waals surface area contributed by atoms with Gasteiger partial charge in [0.25, 0.3) is 5.91 Å². The SMILES string of the molecule is O=C(NCCCc1ccccc1)c1nnc2ccc(-c3ccccc3)nn12. The summed E-state index contributed by atoms with van der Waals surface area (Å²) in [5.41, 5.74) is 3.54. The quantitative estimate of drug-likeness (QED) is 0.538. The molecule has 6 nitrogen and oxygen atoms in total. The smallest absolute Gasteiger partial charge is 0.291 e. The van der Waals surface area contributed by atoms with Crippen molar-refractivity contribution in [2.75, 3.05) is 6.54 Å². The van der Waals surface area contributed by atoms with Gasteiger partial charge in [0.05, 0.1) is 5.69 Å². The first-order valence-electron chi connectivity index (χ1n) is 8.91. The van der Waals surface area contributed by atoms with Crippen LogP contribution in [0.2, 0.25) is 0 Å². The molecule has 0 bridgehead atoms. The summed E-state index contributed by atoms with van der Waals surface area (Å²) in [4.78, 5) is 12.5. The van der Waals surface area contributed by atoms with Gasteiger partial charge < -0.3 is 5.32 Å². The average molecular weight is 357 g/mol. The Balaban J connectivity index is 1.45. The highest BCUT2D eigenvalue weighted by molar-refractivity contribution is 5.91. The Bertz CT molecular complexity index is 1040. The topological polar surface area (TPSA) is 72.2 Å². The minimum absolute atomic E-state index is 0.197. The number of hydrogen-bond acceptors (Lipinski definition) is 4. The second kappa shape index (κ2) is 7.78. The lowest BCUT2D eigenvalue weighted by Gasteiger charge is -2.05. The number of carbonyl (C=O) groups is 1. The van der Waals surface area contributed by atoms with E-state index < -0.39 is 0 Å². The molecule has 6 heteroatoms. The van der Waals surface area contributed by atoms with Gasteiger partial charge >= 0.3 is 0 Å². The fourth-order valence-corrected chi connectivity index (χ4v) is 2.91. The molecule has 1 N–H and O–H groups in total. The lowest BCUT2D eigenvalue weighted by atomic mass is 10.1. The Kier molecular flexibility index (Phi) is 4.87. The number of rotatable bonds is 6. The van der Waals surface area contributed by atoms with E-state index in [1.165, 1.54) is 10.1 Å². The van der Waals surface area contributed by atoms with Gasteiger partial charge in [-0.05, 0) is 30.5 Å². The molecule has 2 aromatic carbocycles. The molecule has 4 rings (SSSR count). The third-order valence-corrected chi connectivity index (χ3v) is 4.31. The van der Waals surface area contributed by atoms with Crippen molar-refractivity contribution in [3.8, 4) is 11.3 Å². The highest BCUT2D eigenvalue weighted by Gasteiger charge is 2.15. The number of fused-ring (bicyclic) bond motifs is 1. The summed E-state index contributed by atoms with van der Waals surface area (Å²) < 4.78 is 1.49. The molecule has 0 aliphatic carbocycles. The molecule has 0 aliphatic rings. The van der Waals surface area contributed by atoms with Crippen LogP contribution in [0.4, 0.5) is 0 Å². The lowest BCUT2D eigenvalue weighted by molar-refractivity contribution is 0.0940. The van der Waals surface area contributed by atoms with Gasteiger partial charge in [0, 0.05) is 12.1 Å². The minimum atomic E-state index is -0.270. The first-order valence-corrected chi connectivity index (χ1v) is 8.91. The molecule has 0 radical (unpaired) electrons. The highest BCUT2D eigenvalue weighted by atomic mass is 16.2. The second-order valence-electron chi connectivity index (χ2n) is 6.22. The number of nitrogens with one attached hydrogen (secondary N) is 1. The van der Waals surface area contributed by atoms with Gasteiger partial charge in [-0.15, -0.1) is 10.2 Å². The van der Waals surface area contributed by atoms with Crippen LogP contribution in [0.5, 0.6) is 0 Å². The molecule has 0 saturated heterocycles. The summed E-state index contributed by atoms with van der Waals surface area (Å²) in [5.74, 6) is -0.0734. The van der Waals surface area contributed by atoms with E-state index >= 15 is 0 Å². The third kappa shape index (κ3) is 3.84. The maximum absolute atomic E-state index is 12.5. The molecule has 0 atom stereocenters. The van der Waals surface area contributed by atoms with Crippen LogP contribution in [0.15, 0.2) is 72.8 Å². The molecule has 27 heavy (non-hydrogen) atoms. The number of nitrogens with zero attached hydrogens (tertiary/aromatic N) is 4. The standard InChI is InChI=1S/C21H19N5O/c27-21(22-15-7-10-16-8-3-1-4-9-16)20-24-23-19-14-13-18(25-26(19)20)17-11-5-2-6-12-17/h1-6,8-9,11-14H,7,10,15H2,(H,22,27). The number of amides is 1. The van der Waals surface area contributed by atoms with Gasteiger partial charge in [-0.3, -0.25) is 4.79 Å². The van der Waals surface area contributed by atoms with Crippen molar-refractivity contribution in [3.05, 3.63) is 84.2 Å². The van der Waals surface area contributed by atoms with Gasteiger partial charge in [-0.25, -0.2) is 0 Å². The molecule has 134 valence electrons. The average Bonchev–Trinajstić information content (AvgIpc) is 3.16. The Morgan fingerprint density at radius 3 is 2.41 bits per heavy atom. The van der Waals surface area contributed by atoms with Crippen molar-refractivity contribution >= 4 is 11.6 Å². The summed E-state index contributed by atoms with van der Waals surface area (Å²) in [7, 11) is 0. The molecule has 2 aromatic heterocycles. The highest BCUT2D eigenvalue weighted by Crippen LogP contribution is 2.16. The van der Waals surface area contributed by atoms with E-state index in [4.69, 9.17) is 0 Å². The third-order valence-electron chi connectivity index (χ3n) is 4.31. The zero-order chi connectivity index (χ0) is 18.5. The minimum Gasteiger partial charge on any atom is -0.349 e. The van der Waals surface area contributed by atoms with Crippen LogP contribution in [0, 0.1) is 0 Å². The number of benzene rings is 2. The van der Waals surface area contributed by atoms with Crippen LogP contribution in [-0.4, -0.2) is 32.3 Å². The predicted molar refractivity (Wildman–Crippen MR) is 103 cm³/mol. The predicted octanol–water partition coefficient (Wildman–Crippen LogP) is 3.15. The van der Waals surface area contributed by atoms with Crippen molar-refractivity contribution in [1.82, 2.24) is 25.1 Å². The first kappa shape index (κ1) is 16.9. The van der Waals surface area contributed by atoms with Crippen LogP contribution in [-0.2, 0) is 6.42 Å². The van der Waals surface area contributed by atoms with Gasteiger partial charge in [-0.1, -0.05) is 60.7 Å². The molecule has 4 aromatic rings. The number of carbonyl (C=O) groups excluding carboxylic acids is 1. The summed E-state index contributed by atoms with van der Waals surface area (Å²) in [5, 5.41) is 15.5. The van der Waals surface area contributed by atoms with Crippen LogP contribution in [0.25, 0.3) is 16.9 Å². The fourth-order valence-electron chi connectivity index (χ4n) is 2.91. The van der Waals surface area contributed by atoms with Crippen LogP contribution in [0.1, 0.15) is 22.6 Å². The Hall–Kier alpha value is -3.54. The molecule has 1 amide bonds. The summed E-state index contributed by atoms with van der Waals surface area (Å²) >= 11 is 0. The fraction of sp³-hybridized carbons (Fsp3) is 0.143. The Morgan fingerprint density at radius 2 is 1.63 bits per heavy atom. The number of aromatic nitrogens is 4. The number of hydrogen-bond donors (Lipinski definition) is 1. The van der Waals surface area contributed by atoms with E-state index in [-0.39, 0.29) is 11.7 Å². The number of aryl methyl sites for hydroxylation is 1. The van der Waals surface area contributed by atoms with Crippen molar-refractivity contribution < 1.29 is 4.79 Å². The van der Waals surface area contributed by atoms with Crippen LogP contribution >= 0.6 is 0 Å². The van der Waals surface area contributed by atoms with Crippen LogP contribution in [0.3, 0.4) is 0 Å². The van der Waals surface area contributed by atoms with Crippen LogP contribution < -0.4 is 5.32 Å². The van der Waals surface area contributed by atoms with Gasteiger partial charge in [0.1, 0.15) is 0 Å². The van der Waals surface area contributed by atoms with Gasteiger partial charge in [0.2, 0.25) is 5.82 Å². The molecule has 0 saturated carbocycles. The van der Waals surface area contributed by atoms with E-state index in [1.807, 2.05) is 60.7 Å². The molecule has 0 spiro atoms. The Morgan fingerprint density at radius 1 is 0.889 bits per heavy atom. The molecule has 0 aliphatic heterocycles. The normalized spacial score (nSPS) is 10.8. The van der Waals surface area contributed by atoms with E-state index in [1.54, 1.807) is 0 Å². The maximum atomic E-state index is 12.5. The zero-order valence-electron chi connectivity index (χ0n) is 14.7. The Labute approximate surface area is 156 Å². The molecule has 2 heterocycles. The largest absolute Gasteiger partial charge is 0.349 e. The molecular formula is C21H19N5O. The molecule has 0 unspecified atom stereocenters. The molecular weight excluding hydrogens is 338 g/mol. The second-order valence-corrected chi connectivity index (χ2v) is 6.22. The first-order chi connectivity index (χ1) is 13.3. The van der Waals surface area contributed by atoms with E-state index in [9.17, 15) is 4.79 Å². The van der Waals surface area contributed by atoms with Crippen molar-refractivity contribution in [2.24, 2.45) is 0 Å². The summed E-state index contributed by atoms with van der Waals surface area (Å²) in [6, 6.07) is 23.7. The summed E-state index contributed by atoms with van der Waals surface area (Å²) in [6.45, 7) is 0.570. The summed E-state index contributed by atoms with van der Waals surface area (Å²) in [6.07, 6.45) is 1.77. The van der Waals surface area contributed by atoms with E-state index in [2.05, 4.69) is 32.7 Å². The van der Waals surface area contributed by atoms with Gasteiger partial charge in [-0.2, -0.15) is 9.61 Å².